The first-order chi connectivity index (χ1) is 12.5. The number of benzene rings is 1. The zero-order valence-corrected chi connectivity index (χ0v) is 15.6. The van der Waals surface area contributed by atoms with E-state index >= 15 is 0 Å². The number of fused-ring (bicyclic) bond motifs is 3. The summed E-state index contributed by atoms with van der Waals surface area (Å²) in [6, 6.07) is 9.70. The van der Waals surface area contributed by atoms with Gasteiger partial charge in [-0.2, -0.15) is 0 Å². The van der Waals surface area contributed by atoms with Crippen LogP contribution in [0.25, 0.3) is 10.9 Å². The van der Waals surface area contributed by atoms with Gasteiger partial charge in [0.2, 0.25) is 0 Å². The van der Waals surface area contributed by atoms with Gasteiger partial charge in [-0.05, 0) is 32.0 Å². The molecular weight excluding hydrogens is 348 g/mol. The van der Waals surface area contributed by atoms with Crippen LogP contribution in [0.5, 0.6) is 0 Å². The average Bonchev–Trinajstić information content (AvgIpc) is 3.01. The molecule has 0 unspecified atom stereocenters. The predicted molar refractivity (Wildman–Crippen MR) is 105 cm³/mol. The molecule has 4 rings (SSSR count). The summed E-state index contributed by atoms with van der Waals surface area (Å²) in [6.45, 7) is 5.50. The predicted octanol–water partition coefficient (Wildman–Crippen LogP) is 3.92. The van der Waals surface area contributed by atoms with Gasteiger partial charge in [-0.3, -0.25) is 4.79 Å². The Morgan fingerprint density at radius 1 is 1.35 bits per heavy atom. The monoisotopic (exact) mass is 368 g/mol. The average molecular weight is 369 g/mol. The molecule has 0 atom stereocenters. The lowest BCUT2D eigenvalue weighted by Gasteiger charge is -2.28. The number of carbonyl (C=O) groups is 1. The minimum absolute atomic E-state index is 0.0692. The highest BCUT2D eigenvalue weighted by atomic mass is 35.5. The van der Waals surface area contributed by atoms with Crippen molar-refractivity contribution in [3.8, 4) is 0 Å². The number of H-pyrrole nitrogens is 1. The van der Waals surface area contributed by atoms with Crippen molar-refractivity contribution in [3.63, 3.8) is 0 Å². The molecule has 26 heavy (non-hydrogen) atoms. The van der Waals surface area contributed by atoms with Gasteiger partial charge in [0.15, 0.2) is 0 Å². The number of carbonyl (C=O) groups excluding carboxylic acids is 1. The standard InChI is InChI=1S/C20H21ClN4O/c1-12(2)23-20(26)13-6-8-22-18(10-13)25-9-7-17-15(11-25)14-4-3-5-16(21)19(14)24-17/h3-6,8,10,12,24H,7,9,11H2,1-2H3,(H,23,26). The summed E-state index contributed by atoms with van der Waals surface area (Å²) in [5, 5.41) is 4.83. The van der Waals surface area contributed by atoms with Crippen molar-refractivity contribution in [2.45, 2.75) is 32.9 Å². The van der Waals surface area contributed by atoms with Crippen molar-refractivity contribution in [2.75, 3.05) is 11.4 Å². The summed E-state index contributed by atoms with van der Waals surface area (Å²) >= 11 is 6.33. The van der Waals surface area contributed by atoms with E-state index in [1.807, 2.05) is 32.0 Å². The summed E-state index contributed by atoms with van der Waals surface area (Å²) < 4.78 is 0. The molecule has 0 bridgehead atoms. The number of nitrogens with one attached hydrogen (secondary N) is 2. The topological polar surface area (TPSA) is 61.0 Å². The first-order valence-electron chi connectivity index (χ1n) is 8.82. The van der Waals surface area contributed by atoms with Gasteiger partial charge in [0.05, 0.1) is 10.5 Å². The van der Waals surface area contributed by atoms with Crippen LogP contribution >= 0.6 is 11.6 Å². The third-order valence-corrected chi connectivity index (χ3v) is 5.03. The van der Waals surface area contributed by atoms with Crippen LogP contribution in [0, 0.1) is 0 Å². The highest BCUT2D eigenvalue weighted by Gasteiger charge is 2.23. The maximum absolute atomic E-state index is 12.3. The summed E-state index contributed by atoms with van der Waals surface area (Å²) in [5.74, 6) is 0.753. The van der Waals surface area contributed by atoms with Crippen LogP contribution in [0.3, 0.4) is 0 Å². The molecular formula is C20H21ClN4O. The number of aromatic nitrogens is 2. The van der Waals surface area contributed by atoms with Crippen LogP contribution < -0.4 is 10.2 Å². The molecule has 2 aromatic heterocycles. The van der Waals surface area contributed by atoms with E-state index < -0.39 is 0 Å². The number of halogens is 1. The van der Waals surface area contributed by atoms with E-state index in [2.05, 4.69) is 26.3 Å². The second-order valence-corrected chi connectivity index (χ2v) is 7.35. The van der Waals surface area contributed by atoms with E-state index in [1.54, 1.807) is 12.3 Å². The van der Waals surface area contributed by atoms with Gasteiger partial charge in [-0.15, -0.1) is 0 Å². The van der Waals surface area contributed by atoms with Gasteiger partial charge in [-0.25, -0.2) is 4.98 Å². The number of amides is 1. The molecule has 134 valence electrons. The Morgan fingerprint density at radius 2 is 2.19 bits per heavy atom. The molecule has 0 saturated carbocycles. The van der Waals surface area contributed by atoms with E-state index in [1.165, 1.54) is 11.3 Å². The molecule has 0 aliphatic carbocycles. The molecule has 0 fully saturated rings. The Kier molecular flexibility index (Phi) is 4.32. The van der Waals surface area contributed by atoms with Crippen molar-refractivity contribution in [3.05, 3.63) is 58.4 Å². The van der Waals surface area contributed by atoms with Crippen LogP contribution in [-0.4, -0.2) is 28.5 Å². The molecule has 6 heteroatoms. The number of para-hydroxylation sites is 1. The van der Waals surface area contributed by atoms with E-state index in [4.69, 9.17) is 11.6 Å². The Balaban J connectivity index is 1.64. The van der Waals surface area contributed by atoms with Crippen molar-refractivity contribution in [1.29, 1.82) is 0 Å². The zero-order valence-electron chi connectivity index (χ0n) is 14.8. The molecule has 1 aliphatic heterocycles. The molecule has 0 saturated heterocycles. The van der Waals surface area contributed by atoms with Gasteiger partial charge < -0.3 is 15.2 Å². The molecule has 1 amide bonds. The van der Waals surface area contributed by atoms with Gasteiger partial charge in [0.25, 0.3) is 5.91 Å². The molecule has 1 aliphatic rings. The number of pyridine rings is 1. The van der Waals surface area contributed by atoms with Crippen molar-refractivity contribution in [1.82, 2.24) is 15.3 Å². The van der Waals surface area contributed by atoms with E-state index in [0.29, 0.717) is 5.56 Å². The third-order valence-electron chi connectivity index (χ3n) is 4.71. The largest absolute Gasteiger partial charge is 0.357 e. The third kappa shape index (κ3) is 3.03. The van der Waals surface area contributed by atoms with Crippen LogP contribution in [0.4, 0.5) is 5.82 Å². The van der Waals surface area contributed by atoms with E-state index in [-0.39, 0.29) is 11.9 Å². The van der Waals surface area contributed by atoms with Crippen molar-refractivity contribution in [2.24, 2.45) is 0 Å². The normalized spacial score (nSPS) is 13.9. The van der Waals surface area contributed by atoms with Gasteiger partial charge >= 0.3 is 0 Å². The lowest BCUT2D eigenvalue weighted by atomic mass is 10.0. The highest BCUT2D eigenvalue weighted by molar-refractivity contribution is 6.35. The number of hydrogen-bond donors (Lipinski definition) is 2. The molecule has 0 spiro atoms. The van der Waals surface area contributed by atoms with Crippen LogP contribution in [0.1, 0.15) is 35.5 Å². The number of aromatic amines is 1. The van der Waals surface area contributed by atoms with E-state index in [9.17, 15) is 4.79 Å². The lowest BCUT2D eigenvalue weighted by molar-refractivity contribution is 0.0943. The summed E-state index contributed by atoms with van der Waals surface area (Å²) in [7, 11) is 0. The quantitative estimate of drug-likeness (QED) is 0.736. The second-order valence-electron chi connectivity index (χ2n) is 6.95. The summed E-state index contributed by atoms with van der Waals surface area (Å²) in [6.07, 6.45) is 2.59. The SMILES string of the molecule is CC(C)NC(=O)c1ccnc(N2CCc3[nH]c4c(Cl)cccc4c3C2)c1. The maximum atomic E-state index is 12.3. The number of nitrogens with zero attached hydrogens (tertiary/aromatic N) is 2. The molecule has 5 nitrogen and oxygen atoms in total. The van der Waals surface area contributed by atoms with Crippen molar-refractivity contribution >= 4 is 34.2 Å². The van der Waals surface area contributed by atoms with Crippen LogP contribution in [0.2, 0.25) is 5.02 Å². The Labute approximate surface area is 157 Å². The number of rotatable bonds is 3. The molecule has 1 aromatic carbocycles. The van der Waals surface area contributed by atoms with Gasteiger partial charge in [0.1, 0.15) is 5.82 Å². The van der Waals surface area contributed by atoms with E-state index in [0.717, 1.165) is 41.3 Å². The minimum Gasteiger partial charge on any atom is -0.357 e. The fourth-order valence-corrected chi connectivity index (χ4v) is 3.70. The van der Waals surface area contributed by atoms with Gasteiger partial charge in [0, 0.05) is 54.0 Å². The Bertz CT molecular complexity index is 979. The first kappa shape index (κ1) is 16.9. The zero-order chi connectivity index (χ0) is 18.3. The fourth-order valence-electron chi connectivity index (χ4n) is 3.48. The van der Waals surface area contributed by atoms with Crippen LogP contribution in [-0.2, 0) is 13.0 Å². The smallest absolute Gasteiger partial charge is 0.251 e. The maximum Gasteiger partial charge on any atom is 0.251 e. The van der Waals surface area contributed by atoms with Crippen LogP contribution in [0.15, 0.2) is 36.5 Å². The molecule has 3 heterocycles. The highest BCUT2D eigenvalue weighted by Crippen LogP contribution is 2.32. The Hall–Kier alpha value is -2.53. The first-order valence-corrected chi connectivity index (χ1v) is 9.20. The minimum atomic E-state index is -0.0692. The lowest BCUT2D eigenvalue weighted by Crippen LogP contribution is -2.32. The number of hydrogen-bond acceptors (Lipinski definition) is 3. The molecule has 3 aromatic rings. The molecule has 2 N–H and O–H groups in total. The van der Waals surface area contributed by atoms with Gasteiger partial charge in [-0.1, -0.05) is 23.7 Å². The summed E-state index contributed by atoms with van der Waals surface area (Å²) in [4.78, 5) is 22.4. The summed E-state index contributed by atoms with van der Waals surface area (Å²) in [5.41, 5.74) is 4.13. The number of anilines is 1. The molecule has 0 radical (unpaired) electrons. The second kappa shape index (κ2) is 6.65. The Morgan fingerprint density at radius 3 is 3.00 bits per heavy atom. The fraction of sp³-hybridized carbons (Fsp3) is 0.300. The van der Waals surface area contributed by atoms with Crippen molar-refractivity contribution < 1.29 is 4.79 Å².